The molecule has 2 rings (SSSR count). The minimum Gasteiger partial charge on any atom is -0.378 e. The summed E-state index contributed by atoms with van der Waals surface area (Å²) in [6.45, 7) is 0. The Kier molecular flexibility index (Phi) is 1.77. The van der Waals surface area contributed by atoms with Crippen LogP contribution >= 0.6 is 11.3 Å². The third-order valence-corrected chi connectivity index (χ3v) is 2.71. The number of benzene rings is 1. The van der Waals surface area contributed by atoms with Gasteiger partial charge in [0.1, 0.15) is 0 Å². The molecule has 0 spiro atoms. The Hall–Kier alpha value is -1.02. The highest BCUT2D eigenvalue weighted by Gasteiger charge is 1.98. The summed E-state index contributed by atoms with van der Waals surface area (Å²) in [7, 11) is 4.11. The Labute approximate surface area is 76.2 Å². The first-order valence-corrected chi connectivity index (χ1v) is 4.71. The average Bonchev–Trinajstić information content (AvgIpc) is 2.49. The molecule has 1 heterocycles. The molecule has 2 aromatic rings. The summed E-state index contributed by atoms with van der Waals surface area (Å²) in [5.41, 5.74) is 1.25. The number of hydrogen-bond donors (Lipinski definition) is 0. The lowest BCUT2D eigenvalue weighted by Gasteiger charge is -2.11. The summed E-state index contributed by atoms with van der Waals surface area (Å²) in [6.07, 6.45) is 0. The minimum absolute atomic E-state index is 1.21. The first kappa shape index (κ1) is 7.62. The van der Waals surface area contributed by atoms with E-state index in [1.165, 1.54) is 15.8 Å². The van der Waals surface area contributed by atoms with Crippen molar-refractivity contribution in [2.75, 3.05) is 19.0 Å². The van der Waals surface area contributed by atoms with E-state index >= 15 is 0 Å². The van der Waals surface area contributed by atoms with E-state index in [2.05, 4.69) is 43.3 Å². The van der Waals surface area contributed by atoms with Gasteiger partial charge < -0.3 is 4.90 Å². The van der Waals surface area contributed by atoms with E-state index in [9.17, 15) is 0 Å². The highest BCUT2D eigenvalue weighted by molar-refractivity contribution is 7.17. The third kappa shape index (κ3) is 1.18. The molecule has 0 fully saturated rings. The van der Waals surface area contributed by atoms with Gasteiger partial charge in [0.2, 0.25) is 0 Å². The zero-order valence-electron chi connectivity index (χ0n) is 7.16. The molecule has 0 saturated carbocycles. The molecule has 61 valence electrons. The molecule has 0 unspecified atom stereocenters. The van der Waals surface area contributed by atoms with Crippen molar-refractivity contribution in [2.24, 2.45) is 0 Å². The number of thiophene rings is 1. The highest BCUT2D eigenvalue weighted by Crippen LogP contribution is 2.24. The van der Waals surface area contributed by atoms with Crippen LogP contribution in [0.1, 0.15) is 0 Å². The Morgan fingerprint density at radius 2 is 2.17 bits per heavy atom. The number of nitrogens with zero attached hydrogens (tertiary/aromatic N) is 1. The molecule has 0 N–H and O–H groups in total. The van der Waals surface area contributed by atoms with Crippen LogP contribution in [0.5, 0.6) is 0 Å². The van der Waals surface area contributed by atoms with Gasteiger partial charge in [0.25, 0.3) is 0 Å². The fourth-order valence-corrected chi connectivity index (χ4v) is 1.92. The fourth-order valence-electron chi connectivity index (χ4n) is 1.16. The van der Waals surface area contributed by atoms with E-state index in [0.29, 0.717) is 0 Å². The number of hydrogen-bond acceptors (Lipinski definition) is 2. The zero-order valence-corrected chi connectivity index (χ0v) is 7.98. The summed E-state index contributed by atoms with van der Waals surface area (Å²) in [6, 6.07) is 9.61. The van der Waals surface area contributed by atoms with Crippen LogP contribution in [0.2, 0.25) is 0 Å². The molecule has 1 aromatic heterocycles. The van der Waals surface area contributed by atoms with Crippen molar-refractivity contribution in [2.45, 2.75) is 0 Å². The summed E-state index contributed by atoms with van der Waals surface area (Å²) in [4.78, 5) is 2.11. The van der Waals surface area contributed by atoms with Crippen molar-refractivity contribution in [3.05, 3.63) is 29.6 Å². The monoisotopic (exact) mass is 176 g/mol. The van der Waals surface area contributed by atoms with Gasteiger partial charge in [-0.05, 0) is 17.5 Å². The smallest absolute Gasteiger partial charge is 0.0375 e. The normalized spacial score (nSPS) is 10.5. The van der Waals surface area contributed by atoms with Crippen molar-refractivity contribution in [3.8, 4) is 0 Å². The van der Waals surface area contributed by atoms with Gasteiger partial charge in [-0.1, -0.05) is 6.07 Å². The average molecular weight is 176 g/mol. The van der Waals surface area contributed by atoms with E-state index in [4.69, 9.17) is 0 Å². The Balaban J connectivity index is 2.60. The minimum atomic E-state index is 1.21. The lowest BCUT2D eigenvalue weighted by molar-refractivity contribution is 1.14. The largest absolute Gasteiger partial charge is 0.378 e. The molecular formula is C10H10NS. The van der Waals surface area contributed by atoms with Crippen molar-refractivity contribution >= 4 is 27.1 Å². The summed E-state index contributed by atoms with van der Waals surface area (Å²) >= 11 is 1.74. The molecule has 0 atom stereocenters. The topological polar surface area (TPSA) is 3.24 Å². The van der Waals surface area contributed by atoms with Crippen LogP contribution in [-0.2, 0) is 0 Å². The van der Waals surface area contributed by atoms with Gasteiger partial charge in [-0.2, -0.15) is 0 Å². The van der Waals surface area contributed by atoms with E-state index < -0.39 is 0 Å². The Morgan fingerprint density at radius 1 is 1.33 bits per heavy atom. The van der Waals surface area contributed by atoms with E-state index in [1.54, 1.807) is 11.3 Å². The van der Waals surface area contributed by atoms with Crippen LogP contribution in [0.3, 0.4) is 0 Å². The van der Waals surface area contributed by atoms with Crippen LogP contribution in [-0.4, -0.2) is 14.1 Å². The molecular weight excluding hydrogens is 166 g/mol. The van der Waals surface area contributed by atoms with Crippen LogP contribution in [0.25, 0.3) is 10.1 Å². The number of fused-ring (bicyclic) bond motifs is 1. The van der Waals surface area contributed by atoms with Gasteiger partial charge in [0.15, 0.2) is 0 Å². The quantitative estimate of drug-likeness (QED) is 0.645. The fraction of sp³-hybridized carbons (Fsp3) is 0.200. The predicted octanol–water partition coefficient (Wildman–Crippen LogP) is 2.77. The summed E-state index contributed by atoms with van der Waals surface area (Å²) in [5.74, 6) is 0. The molecule has 1 nitrogen and oxygen atoms in total. The van der Waals surface area contributed by atoms with Gasteiger partial charge in [0.05, 0.1) is 0 Å². The first-order chi connectivity index (χ1) is 5.77. The second kappa shape index (κ2) is 2.79. The Bertz CT molecular complexity index is 389. The first-order valence-electron chi connectivity index (χ1n) is 3.83. The number of rotatable bonds is 1. The van der Waals surface area contributed by atoms with E-state index in [1.807, 2.05) is 5.38 Å². The summed E-state index contributed by atoms with van der Waals surface area (Å²) < 4.78 is 1.31. The van der Waals surface area contributed by atoms with E-state index in [-0.39, 0.29) is 0 Å². The van der Waals surface area contributed by atoms with Gasteiger partial charge in [-0.3, -0.25) is 0 Å². The zero-order chi connectivity index (χ0) is 8.55. The van der Waals surface area contributed by atoms with Crippen molar-refractivity contribution in [3.63, 3.8) is 0 Å². The molecule has 0 aliphatic carbocycles. The van der Waals surface area contributed by atoms with E-state index in [0.717, 1.165) is 0 Å². The van der Waals surface area contributed by atoms with Crippen LogP contribution in [0.4, 0.5) is 5.69 Å². The molecule has 0 saturated heterocycles. The maximum atomic E-state index is 3.19. The van der Waals surface area contributed by atoms with Crippen molar-refractivity contribution in [1.82, 2.24) is 0 Å². The van der Waals surface area contributed by atoms with Gasteiger partial charge in [-0.15, -0.1) is 11.3 Å². The van der Waals surface area contributed by atoms with Crippen molar-refractivity contribution < 1.29 is 0 Å². The molecule has 1 radical (unpaired) electrons. The second-order valence-electron chi connectivity index (χ2n) is 2.95. The molecule has 2 heteroatoms. The second-order valence-corrected chi connectivity index (χ2v) is 3.87. The highest BCUT2D eigenvalue weighted by atomic mass is 32.1. The molecule has 0 aliphatic heterocycles. The maximum absolute atomic E-state index is 3.19. The third-order valence-electron chi connectivity index (χ3n) is 1.88. The van der Waals surface area contributed by atoms with Gasteiger partial charge >= 0.3 is 0 Å². The molecule has 0 amide bonds. The maximum Gasteiger partial charge on any atom is 0.0375 e. The van der Waals surface area contributed by atoms with Crippen LogP contribution in [0.15, 0.2) is 23.6 Å². The van der Waals surface area contributed by atoms with Crippen LogP contribution in [0, 0.1) is 6.07 Å². The standard InChI is InChI=1S/C10H10NS/c1-11(2)9-4-3-8-5-6-12-10(8)7-9/h3-4,6-7H,1-2H3. The molecule has 0 aliphatic rings. The molecule has 12 heavy (non-hydrogen) atoms. The van der Waals surface area contributed by atoms with Crippen LogP contribution < -0.4 is 4.90 Å². The van der Waals surface area contributed by atoms with Crippen molar-refractivity contribution in [1.29, 1.82) is 0 Å². The predicted molar refractivity (Wildman–Crippen MR) is 55.0 cm³/mol. The lowest BCUT2D eigenvalue weighted by atomic mass is 10.2. The van der Waals surface area contributed by atoms with Gasteiger partial charge in [0, 0.05) is 35.9 Å². The Morgan fingerprint density at radius 3 is 2.92 bits per heavy atom. The molecule has 0 bridgehead atoms. The molecule has 1 aromatic carbocycles. The van der Waals surface area contributed by atoms with Gasteiger partial charge in [-0.25, -0.2) is 0 Å². The summed E-state index contributed by atoms with van der Waals surface area (Å²) in [5, 5.41) is 3.22. The number of anilines is 1. The SMILES string of the molecule is CN(C)c1ccc2[c]csc2c1. The lowest BCUT2D eigenvalue weighted by Crippen LogP contribution is -2.07.